The number of imidazole rings is 1. The van der Waals surface area contributed by atoms with Crippen molar-refractivity contribution in [1.29, 1.82) is 0 Å². The summed E-state index contributed by atoms with van der Waals surface area (Å²) in [4.78, 5) is 16.6. The van der Waals surface area contributed by atoms with Crippen molar-refractivity contribution in [2.75, 3.05) is 18.0 Å². The van der Waals surface area contributed by atoms with Crippen LogP contribution in [0.5, 0.6) is 0 Å². The van der Waals surface area contributed by atoms with E-state index >= 15 is 0 Å². The van der Waals surface area contributed by atoms with Crippen molar-refractivity contribution < 1.29 is 0 Å². The Morgan fingerprint density at radius 2 is 1.84 bits per heavy atom. The summed E-state index contributed by atoms with van der Waals surface area (Å²) in [5.74, 6) is 2.13. The number of aromatic nitrogens is 4. The molecule has 162 valence electrons. The van der Waals surface area contributed by atoms with Gasteiger partial charge in [-0.3, -0.25) is 4.57 Å². The monoisotopic (exact) mass is 487 g/mol. The van der Waals surface area contributed by atoms with Crippen molar-refractivity contribution in [3.05, 3.63) is 82.4 Å². The van der Waals surface area contributed by atoms with E-state index in [2.05, 4.69) is 93.9 Å². The van der Waals surface area contributed by atoms with Gasteiger partial charge in [0.05, 0.1) is 5.69 Å². The average Bonchev–Trinajstić information content (AvgIpc) is 3.22. The molecular weight excluding hydrogens is 462 g/mol. The van der Waals surface area contributed by atoms with Crippen LogP contribution in [0.4, 0.5) is 5.82 Å². The molecule has 5 rings (SSSR count). The van der Waals surface area contributed by atoms with Gasteiger partial charge in [0, 0.05) is 17.6 Å². The van der Waals surface area contributed by atoms with Crippen LogP contribution in [0.25, 0.3) is 22.4 Å². The molecule has 0 amide bonds. The molecule has 5 nitrogen and oxygen atoms in total. The number of benzene rings is 2. The summed E-state index contributed by atoms with van der Waals surface area (Å²) in [6.07, 6.45) is 5.14. The van der Waals surface area contributed by atoms with Crippen molar-refractivity contribution in [2.45, 2.75) is 33.1 Å². The van der Waals surface area contributed by atoms with E-state index in [0.29, 0.717) is 5.92 Å². The number of halogens is 1. The molecule has 0 bridgehead atoms. The third kappa shape index (κ3) is 3.84. The molecule has 0 N–H and O–H groups in total. The molecule has 32 heavy (non-hydrogen) atoms. The number of anilines is 1. The Morgan fingerprint density at radius 1 is 1.03 bits per heavy atom. The van der Waals surface area contributed by atoms with Crippen molar-refractivity contribution >= 4 is 38.5 Å². The summed E-state index contributed by atoms with van der Waals surface area (Å²) < 4.78 is 3.09. The van der Waals surface area contributed by atoms with Crippen LogP contribution in [0.1, 0.15) is 43.1 Å². The van der Waals surface area contributed by atoms with Gasteiger partial charge in [0.2, 0.25) is 0 Å². The number of rotatable bonds is 4. The number of fused-ring (bicyclic) bond motifs is 1. The van der Waals surface area contributed by atoms with Gasteiger partial charge in [-0.1, -0.05) is 56.3 Å². The van der Waals surface area contributed by atoms with E-state index in [4.69, 9.17) is 15.0 Å². The molecule has 0 unspecified atom stereocenters. The maximum absolute atomic E-state index is 4.79. The second-order valence-corrected chi connectivity index (χ2v) is 9.39. The van der Waals surface area contributed by atoms with Crippen LogP contribution in [0, 0.1) is 6.92 Å². The predicted octanol–water partition coefficient (Wildman–Crippen LogP) is 6.30. The summed E-state index contributed by atoms with van der Waals surface area (Å²) in [6.45, 7) is 8.08. The highest BCUT2D eigenvalue weighted by atomic mass is 79.9. The van der Waals surface area contributed by atoms with Gasteiger partial charge in [0.15, 0.2) is 17.0 Å². The largest absolute Gasteiger partial charge is 0.351 e. The molecule has 4 aromatic rings. The minimum atomic E-state index is 0.476. The molecule has 0 spiro atoms. The van der Waals surface area contributed by atoms with E-state index in [-0.39, 0.29) is 0 Å². The molecule has 0 saturated heterocycles. The third-order valence-corrected chi connectivity index (χ3v) is 6.68. The van der Waals surface area contributed by atoms with Gasteiger partial charge in [-0.05, 0) is 64.0 Å². The van der Waals surface area contributed by atoms with Gasteiger partial charge in [-0.15, -0.1) is 0 Å². The lowest BCUT2D eigenvalue weighted by molar-refractivity contribution is 0.813. The Morgan fingerprint density at radius 3 is 2.53 bits per heavy atom. The smallest absolute Gasteiger partial charge is 0.170 e. The maximum Gasteiger partial charge on any atom is 0.170 e. The number of hydrogen-bond donors (Lipinski definition) is 0. The first-order chi connectivity index (χ1) is 15.5. The Labute approximate surface area is 197 Å². The molecule has 0 aliphatic carbocycles. The third-order valence-electron chi connectivity index (χ3n) is 6.04. The highest BCUT2D eigenvalue weighted by molar-refractivity contribution is 9.10. The zero-order valence-electron chi connectivity index (χ0n) is 18.6. The van der Waals surface area contributed by atoms with Gasteiger partial charge < -0.3 is 4.90 Å². The molecule has 0 atom stereocenters. The van der Waals surface area contributed by atoms with Crippen LogP contribution >= 0.6 is 15.9 Å². The normalized spacial score (nSPS) is 14.3. The Bertz CT molecular complexity index is 1310. The lowest BCUT2D eigenvalue weighted by Crippen LogP contribution is -2.29. The average molecular weight is 488 g/mol. The fourth-order valence-corrected chi connectivity index (χ4v) is 4.83. The standard InChI is InChI=1S/C26H26BrN5/c1-17(2)21-9-10-23(22(27)15-21)32-16-28-24-25(29-18(3)30-26(24)32)31-13-11-20(12-14-31)19-7-5-4-6-8-19/h4-11,15-17H,12-14H2,1-3H3. The van der Waals surface area contributed by atoms with Crippen molar-refractivity contribution in [2.24, 2.45) is 0 Å². The van der Waals surface area contributed by atoms with E-state index in [9.17, 15) is 0 Å². The number of nitrogens with zero attached hydrogens (tertiary/aromatic N) is 5. The van der Waals surface area contributed by atoms with Crippen LogP contribution in [-0.2, 0) is 0 Å². The summed E-state index contributed by atoms with van der Waals surface area (Å²) in [5, 5.41) is 0. The quantitative estimate of drug-likeness (QED) is 0.338. The second-order valence-electron chi connectivity index (χ2n) is 8.54. The highest BCUT2D eigenvalue weighted by Crippen LogP contribution is 2.32. The van der Waals surface area contributed by atoms with Gasteiger partial charge in [0.1, 0.15) is 12.2 Å². The molecule has 6 heteroatoms. The Balaban J connectivity index is 1.52. The van der Waals surface area contributed by atoms with Crippen LogP contribution < -0.4 is 4.90 Å². The topological polar surface area (TPSA) is 46.8 Å². The van der Waals surface area contributed by atoms with Crippen molar-refractivity contribution in [1.82, 2.24) is 19.5 Å². The Hall–Kier alpha value is -2.99. The first kappa shape index (κ1) is 20.9. The zero-order chi connectivity index (χ0) is 22.2. The van der Waals surface area contributed by atoms with Gasteiger partial charge >= 0.3 is 0 Å². The summed E-state index contributed by atoms with van der Waals surface area (Å²) in [6, 6.07) is 17.1. The van der Waals surface area contributed by atoms with Gasteiger partial charge in [0.25, 0.3) is 0 Å². The SMILES string of the molecule is Cc1nc(N2CC=C(c3ccccc3)CC2)c2ncn(-c3ccc(C(C)C)cc3Br)c2n1. The molecular formula is C26H26BrN5. The molecule has 0 radical (unpaired) electrons. The van der Waals surface area contributed by atoms with Gasteiger partial charge in [-0.2, -0.15) is 0 Å². The first-order valence-corrected chi connectivity index (χ1v) is 11.8. The van der Waals surface area contributed by atoms with Crippen LogP contribution in [0.15, 0.2) is 65.4 Å². The zero-order valence-corrected chi connectivity index (χ0v) is 20.2. The van der Waals surface area contributed by atoms with Crippen molar-refractivity contribution in [3.8, 4) is 5.69 Å². The summed E-state index contributed by atoms with van der Waals surface area (Å²) >= 11 is 3.75. The lowest BCUT2D eigenvalue weighted by atomic mass is 9.99. The molecule has 2 aromatic carbocycles. The molecule has 2 aromatic heterocycles. The van der Waals surface area contributed by atoms with Crippen LogP contribution in [0.2, 0.25) is 0 Å². The van der Waals surface area contributed by atoms with E-state index in [1.807, 2.05) is 13.3 Å². The molecule has 1 aliphatic rings. The number of hydrogen-bond acceptors (Lipinski definition) is 4. The molecule has 3 heterocycles. The van der Waals surface area contributed by atoms with Crippen LogP contribution in [-0.4, -0.2) is 32.6 Å². The summed E-state index contributed by atoms with van der Waals surface area (Å²) in [7, 11) is 0. The van der Waals surface area contributed by atoms with Crippen LogP contribution in [0.3, 0.4) is 0 Å². The van der Waals surface area contributed by atoms with E-state index < -0.39 is 0 Å². The predicted molar refractivity (Wildman–Crippen MR) is 134 cm³/mol. The van der Waals surface area contributed by atoms with E-state index in [0.717, 1.165) is 52.5 Å². The lowest BCUT2D eigenvalue weighted by Gasteiger charge is -2.28. The highest BCUT2D eigenvalue weighted by Gasteiger charge is 2.21. The number of aryl methyl sites for hydroxylation is 1. The minimum absolute atomic E-state index is 0.476. The first-order valence-electron chi connectivity index (χ1n) is 11.0. The van der Waals surface area contributed by atoms with E-state index in [1.165, 1.54) is 16.7 Å². The molecule has 0 fully saturated rings. The molecule has 0 saturated carbocycles. The maximum atomic E-state index is 4.79. The minimum Gasteiger partial charge on any atom is -0.351 e. The van der Waals surface area contributed by atoms with Crippen molar-refractivity contribution in [3.63, 3.8) is 0 Å². The van der Waals surface area contributed by atoms with Gasteiger partial charge in [-0.25, -0.2) is 15.0 Å². The molecule has 1 aliphatic heterocycles. The summed E-state index contributed by atoms with van der Waals surface area (Å²) in [5.41, 5.74) is 6.70. The fraction of sp³-hybridized carbons (Fsp3) is 0.269. The van der Waals surface area contributed by atoms with E-state index in [1.54, 1.807) is 0 Å². The second kappa shape index (κ2) is 8.51. The Kier molecular flexibility index (Phi) is 5.55. The fourth-order valence-electron chi connectivity index (χ4n) is 4.24.